The van der Waals surface area contributed by atoms with Gasteiger partial charge in [-0.05, 0) is 81.6 Å². The molecule has 44 heavy (non-hydrogen) atoms. The van der Waals surface area contributed by atoms with Crippen molar-refractivity contribution in [3.8, 4) is 0 Å². The Balaban J connectivity index is 7.73. The highest BCUT2D eigenvalue weighted by atomic mass is 31.2. The highest BCUT2D eigenvalue weighted by molar-refractivity contribution is 7.48. The zero-order valence-corrected chi connectivity index (χ0v) is 30.4. The Morgan fingerprint density at radius 3 is 0.727 bits per heavy atom. The van der Waals surface area contributed by atoms with Gasteiger partial charge in [-0.15, -0.1) is 0 Å². The zero-order chi connectivity index (χ0) is 33.7. The summed E-state index contributed by atoms with van der Waals surface area (Å²) in [4.78, 5) is 0. The van der Waals surface area contributed by atoms with Crippen LogP contribution in [0.15, 0.2) is 0 Å². The van der Waals surface area contributed by atoms with Crippen LogP contribution in [0.5, 0.6) is 0 Å². The molecule has 0 aromatic heterocycles. The van der Waals surface area contributed by atoms with Gasteiger partial charge in [0.1, 0.15) is 18.3 Å². The molecule has 0 aliphatic heterocycles. The number of ether oxygens (including phenoxy) is 9. The molecule has 0 fully saturated rings. The van der Waals surface area contributed by atoms with Gasteiger partial charge >= 0.3 is 25.7 Å². The van der Waals surface area contributed by atoms with E-state index >= 15 is 4.57 Å². The molecule has 0 aliphatic rings. The van der Waals surface area contributed by atoms with Crippen molar-refractivity contribution in [2.45, 2.75) is 139 Å². The number of phosphoric ester groups is 1. The van der Waals surface area contributed by atoms with Gasteiger partial charge in [0, 0.05) is 59.5 Å². The molecule has 13 nitrogen and oxygen atoms in total. The largest absolute Gasteiger partial charge is 0.488 e. The van der Waals surface area contributed by atoms with E-state index in [1.54, 1.807) is 41.5 Å². The molecule has 0 aromatic carbocycles. The molecule has 3 unspecified atom stereocenters. The monoisotopic (exact) mass is 662 g/mol. The minimum Gasteiger partial charge on any atom is -0.370 e. The third kappa shape index (κ3) is 12.4. The summed E-state index contributed by atoms with van der Waals surface area (Å²) in [6.45, 7) is 23.1. The summed E-state index contributed by atoms with van der Waals surface area (Å²) < 4.78 is 89.0. The quantitative estimate of drug-likeness (QED) is 0.0593. The van der Waals surface area contributed by atoms with Gasteiger partial charge in [0.15, 0.2) is 0 Å². The number of rotatable bonds is 30. The summed E-state index contributed by atoms with van der Waals surface area (Å²) in [6, 6.07) is 0. The Labute approximate surface area is 266 Å². The van der Waals surface area contributed by atoms with Crippen LogP contribution < -0.4 is 0 Å². The van der Waals surface area contributed by atoms with Crippen molar-refractivity contribution in [2.24, 2.45) is 0 Å². The Hall–Kier alpha value is -0.250. The van der Waals surface area contributed by atoms with Crippen LogP contribution in [0.1, 0.15) is 102 Å². The lowest BCUT2D eigenvalue weighted by molar-refractivity contribution is -0.429. The van der Waals surface area contributed by atoms with E-state index in [4.69, 9.17) is 56.2 Å². The average Bonchev–Trinajstić information content (AvgIpc) is 2.97. The maximum absolute atomic E-state index is 15.5. The first kappa shape index (κ1) is 43.8. The van der Waals surface area contributed by atoms with Gasteiger partial charge in [-0.1, -0.05) is 20.8 Å². The van der Waals surface area contributed by atoms with Crippen LogP contribution in [0.3, 0.4) is 0 Å². The van der Waals surface area contributed by atoms with Gasteiger partial charge in [-0.25, -0.2) is 18.1 Å². The molecule has 0 aliphatic carbocycles. The minimum absolute atomic E-state index is 0.112. The average molecular weight is 663 g/mol. The summed E-state index contributed by atoms with van der Waals surface area (Å²) in [5.74, 6) is -6.13. The predicted octanol–water partition coefficient (Wildman–Crippen LogP) is 6.77. The van der Waals surface area contributed by atoms with Crippen molar-refractivity contribution in [3.63, 3.8) is 0 Å². The molecular weight excluding hydrogens is 599 g/mol. The van der Waals surface area contributed by atoms with Crippen LogP contribution in [0.25, 0.3) is 0 Å². The van der Waals surface area contributed by atoms with Gasteiger partial charge in [0.2, 0.25) is 0 Å². The highest BCUT2D eigenvalue weighted by Crippen LogP contribution is 2.61. The fourth-order valence-corrected chi connectivity index (χ4v) is 6.48. The van der Waals surface area contributed by atoms with Crippen LogP contribution in [-0.4, -0.2) is 95.7 Å². The number of hydrogen-bond acceptors (Lipinski definition) is 13. The van der Waals surface area contributed by atoms with Crippen LogP contribution in [0, 0.1) is 0 Å². The van der Waals surface area contributed by atoms with E-state index in [-0.39, 0.29) is 39.6 Å². The summed E-state index contributed by atoms with van der Waals surface area (Å²) in [5, 5.41) is 0. The second-order valence-corrected chi connectivity index (χ2v) is 10.6. The Kier molecular flexibility index (Phi) is 23.0. The smallest absolute Gasteiger partial charge is 0.370 e. The highest BCUT2D eigenvalue weighted by Gasteiger charge is 2.60. The summed E-state index contributed by atoms with van der Waals surface area (Å²) in [6.07, 6.45) is -1.45. The van der Waals surface area contributed by atoms with Gasteiger partial charge in [0.05, 0.1) is 0 Å². The summed E-state index contributed by atoms with van der Waals surface area (Å²) >= 11 is 0. The van der Waals surface area contributed by atoms with Crippen LogP contribution in [-0.2, 0) is 60.8 Å². The Morgan fingerprint density at radius 2 is 0.591 bits per heavy atom. The van der Waals surface area contributed by atoms with Gasteiger partial charge in [-0.3, -0.25) is 0 Å². The van der Waals surface area contributed by atoms with E-state index in [1.807, 2.05) is 41.5 Å². The molecule has 0 N–H and O–H groups in total. The van der Waals surface area contributed by atoms with Crippen LogP contribution in [0.4, 0.5) is 0 Å². The standard InChI is InChI=1S/C30H63O13P/c1-13-25(32-16-4)28(35-19-7,36-20-8)41-44(31,42-29(37-21-9,38-22-10)26(14-2)33-17-5)43-30(39-23-11,40-24-12)27(15-3)34-18-6/h25-27H,13-24H2,1-12H3. The van der Waals surface area contributed by atoms with Gasteiger partial charge in [-0.2, -0.15) is 0 Å². The second-order valence-electron chi connectivity index (χ2n) is 9.19. The number of phosphoric acid groups is 1. The molecule has 0 bridgehead atoms. The third-order valence-electron chi connectivity index (χ3n) is 6.19. The molecule has 266 valence electrons. The normalized spacial score (nSPS) is 16.5. The van der Waals surface area contributed by atoms with E-state index < -0.39 is 44.1 Å². The fourth-order valence-electron chi connectivity index (χ4n) is 4.76. The van der Waals surface area contributed by atoms with Crippen molar-refractivity contribution < 1.29 is 60.8 Å². The topological polar surface area (TPSA) is 128 Å². The Morgan fingerprint density at radius 1 is 0.386 bits per heavy atom. The molecule has 3 atom stereocenters. The van der Waals surface area contributed by atoms with Gasteiger partial charge in [0.25, 0.3) is 0 Å². The van der Waals surface area contributed by atoms with Crippen molar-refractivity contribution in [1.29, 1.82) is 0 Å². The van der Waals surface area contributed by atoms with E-state index in [0.717, 1.165) is 0 Å². The Bertz CT molecular complexity index is 643. The van der Waals surface area contributed by atoms with Crippen molar-refractivity contribution >= 4 is 7.82 Å². The van der Waals surface area contributed by atoms with Crippen molar-refractivity contribution in [1.82, 2.24) is 0 Å². The van der Waals surface area contributed by atoms with E-state index in [9.17, 15) is 0 Å². The van der Waals surface area contributed by atoms with E-state index in [1.165, 1.54) is 0 Å². The molecule has 0 radical (unpaired) electrons. The second kappa shape index (κ2) is 23.1. The molecule has 0 saturated heterocycles. The molecule has 0 heterocycles. The van der Waals surface area contributed by atoms with Crippen LogP contribution >= 0.6 is 7.82 Å². The first-order valence-electron chi connectivity index (χ1n) is 16.4. The number of hydrogen-bond donors (Lipinski definition) is 0. The molecule has 0 saturated carbocycles. The molecule has 0 spiro atoms. The third-order valence-corrected chi connectivity index (χ3v) is 7.62. The maximum Gasteiger partial charge on any atom is 0.488 e. The zero-order valence-electron chi connectivity index (χ0n) is 29.5. The van der Waals surface area contributed by atoms with Crippen molar-refractivity contribution in [3.05, 3.63) is 0 Å². The molecule has 0 aromatic rings. The SMILES string of the molecule is CCOC(CC)C(OCC)(OCC)OP(=O)(OC(OCC)(OCC)C(CC)OCC)OC(OCC)(OCC)C(CC)OCC. The molecule has 14 heteroatoms. The summed E-state index contributed by atoms with van der Waals surface area (Å²) in [7, 11) is -5.02. The van der Waals surface area contributed by atoms with Gasteiger partial charge < -0.3 is 42.6 Å². The van der Waals surface area contributed by atoms with E-state index in [0.29, 0.717) is 39.1 Å². The molecular formula is C30H63O13P. The maximum atomic E-state index is 15.5. The van der Waals surface area contributed by atoms with Crippen LogP contribution in [0.2, 0.25) is 0 Å². The molecule has 0 rings (SSSR count). The lowest BCUT2D eigenvalue weighted by atomic mass is 10.2. The lowest BCUT2D eigenvalue weighted by Crippen LogP contribution is -2.56. The van der Waals surface area contributed by atoms with Crippen molar-refractivity contribution in [2.75, 3.05) is 59.5 Å². The predicted molar refractivity (Wildman–Crippen MR) is 166 cm³/mol. The first-order valence-corrected chi connectivity index (χ1v) is 17.9. The fraction of sp³-hybridized carbons (Fsp3) is 1.00. The summed E-state index contributed by atoms with van der Waals surface area (Å²) in [5.41, 5.74) is 0. The molecule has 0 amide bonds. The first-order chi connectivity index (χ1) is 21.0. The lowest BCUT2D eigenvalue weighted by Gasteiger charge is -2.45. The minimum atomic E-state index is -5.02. The van der Waals surface area contributed by atoms with E-state index in [2.05, 4.69) is 0 Å².